The van der Waals surface area contributed by atoms with Crippen molar-refractivity contribution in [3.8, 4) is 11.8 Å². The fourth-order valence-electron chi connectivity index (χ4n) is 1.96. The molecule has 0 fully saturated rings. The van der Waals surface area contributed by atoms with Gasteiger partial charge in [0.1, 0.15) is 11.6 Å². The molecule has 0 aromatic heterocycles. The third-order valence-electron chi connectivity index (χ3n) is 2.90. The number of nitrogens with zero attached hydrogens (tertiary/aromatic N) is 1. The van der Waals surface area contributed by atoms with E-state index < -0.39 is 5.82 Å². The SMILES string of the molecule is CCOc1c(Br)cc(/C=C(/C#N)c2ccccc2F)cc1Br. The second kappa shape index (κ2) is 7.57. The molecule has 5 heteroatoms. The summed E-state index contributed by atoms with van der Waals surface area (Å²) in [5.41, 5.74) is 1.31. The minimum atomic E-state index is -0.417. The van der Waals surface area contributed by atoms with Crippen LogP contribution in [0.2, 0.25) is 0 Å². The lowest BCUT2D eigenvalue weighted by Gasteiger charge is -2.10. The molecule has 0 amide bonds. The van der Waals surface area contributed by atoms with Crippen LogP contribution in [0.25, 0.3) is 11.6 Å². The smallest absolute Gasteiger partial charge is 0.147 e. The van der Waals surface area contributed by atoms with E-state index in [2.05, 4.69) is 31.9 Å². The second-order valence-corrected chi connectivity index (χ2v) is 6.11. The minimum absolute atomic E-state index is 0.265. The van der Waals surface area contributed by atoms with Crippen LogP contribution in [0.15, 0.2) is 45.3 Å². The van der Waals surface area contributed by atoms with Gasteiger partial charge in [0.05, 0.1) is 27.2 Å². The van der Waals surface area contributed by atoms with Gasteiger partial charge in [0.25, 0.3) is 0 Å². The van der Waals surface area contributed by atoms with E-state index in [1.165, 1.54) is 6.07 Å². The van der Waals surface area contributed by atoms with E-state index in [1.54, 1.807) is 24.3 Å². The first kappa shape index (κ1) is 16.7. The summed E-state index contributed by atoms with van der Waals surface area (Å²) < 4.78 is 20.9. The van der Waals surface area contributed by atoms with Gasteiger partial charge in [-0.1, -0.05) is 18.2 Å². The number of allylic oxidation sites excluding steroid dienone is 1. The van der Waals surface area contributed by atoms with Crippen LogP contribution in [-0.2, 0) is 0 Å². The van der Waals surface area contributed by atoms with Gasteiger partial charge in [0, 0.05) is 5.56 Å². The first-order chi connectivity index (χ1) is 10.6. The summed E-state index contributed by atoms with van der Waals surface area (Å²) in [5, 5.41) is 9.31. The number of ether oxygens (including phenoxy) is 1. The van der Waals surface area contributed by atoms with Crippen molar-refractivity contribution in [1.82, 2.24) is 0 Å². The van der Waals surface area contributed by atoms with Crippen LogP contribution in [-0.4, -0.2) is 6.61 Å². The molecule has 2 rings (SSSR count). The van der Waals surface area contributed by atoms with Gasteiger partial charge in [-0.3, -0.25) is 0 Å². The summed E-state index contributed by atoms with van der Waals surface area (Å²) >= 11 is 6.88. The molecule has 2 aromatic carbocycles. The van der Waals surface area contributed by atoms with Crippen molar-refractivity contribution in [3.05, 3.63) is 62.3 Å². The zero-order valence-electron chi connectivity index (χ0n) is 11.7. The molecule has 0 spiro atoms. The fourth-order valence-corrected chi connectivity index (χ4v) is 3.41. The average molecular weight is 425 g/mol. The third-order valence-corrected chi connectivity index (χ3v) is 4.08. The Hall–Kier alpha value is -1.64. The van der Waals surface area contributed by atoms with Gasteiger partial charge in [-0.05, 0) is 68.6 Å². The first-order valence-electron chi connectivity index (χ1n) is 6.55. The van der Waals surface area contributed by atoms with Crippen LogP contribution in [0.4, 0.5) is 4.39 Å². The zero-order valence-corrected chi connectivity index (χ0v) is 14.9. The summed E-state index contributed by atoms with van der Waals surface area (Å²) in [6.07, 6.45) is 1.64. The van der Waals surface area contributed by atoms with Crippen LogP contribution in [0.1, 0.15) is 18.1 Å². The van der Waals surface area contributed by atoms with Crippen molar-refractivity contribution >= 4 is 43.5 Å². The molecule has 0 bridgehead atoms. The van der Waals surface area contributed by atoms with E-state index >= 15 is 0 Å². The van der Waals surface area contributed by atoms with E-state index in [0.717, 1.165) is 14.5 Å². The number of nitriles is 1. The number of halogens is 3. The van der Waals surface area contributed by atoms with Crippen molar-refractivity contribution < 1.29 is 9.13 Å². The maximum atomic E-state index is 13.8. The highest BCUT2D eigenvalue weighted by Gasteiger charge is 2.10. The lowest BCUT2D eigenvalue weighted by molar-refractivity contribution is 0.336. The molecule has 2 aromatic rings. The Bertz CT molecular complexity index is 742. The molecule has 0 aliphatic rings. The number of rotatable bonds is 4. The van der Waals surface area contributed by atoms with E-state index in [4.69, 9.17) is 4.74 Å². The van der Waals surface area contributed by atoms with Crippen molar-refractivity contribution in [2.45, 2.75) is 6.92 Å². The van der Waals surface area contributed by atoms with Gasteiger partial charge in [-0.25, -0.2) is 4.39 Å². The molecule has 0 saturated carbocycles. The van der Waals surface area contributed by atoms with Crippen LogP contribution in [0.3, 0.4) is 0 Å². The molecular formula is C17H12Br2FNO. The molecule has 112 valence electrons. The van der Waals surface area contributed by atoms with Gasteiger partial charge in [-0.2, -0.15) is 5.26 Å². The first-order valence-corrected chi connectivity index (χ1v) is 8.14. The maximum Gasteiger partial charge on any atom is 0.147 e. The average Bonchev–Trinajstić information content (AvgIpc) is 2.49. The van der Waals surface area contributed by atoms with Crippen molar-refractivity contribution in [3.63, 3.8) is 0 Å². The zero-order chi connectivity index (χ0) is 16.1. The van der Waals surface area contributed by atoms with Gasteiger partial charge in [0.15, 0.2) is 0 Å². The monoisotopic (exact) mass is 423 g/mol. The lowest BCUT2D eigenvalue weighted by Crippen LogP contribution is -1.94. The van der Waals surface area contributed by atoms with Crippen molar-refractivity contribution in [2.24, 2.45) is 0 Å². The number of benzene rings is 2. The van der Waals surface area contributed by atoms with Crippen LogP contribution < -0.4 is 4.74 Å². The molecule has 0 aliphatic carbocycles. The summed E-state index contributed by atoms with van der Waals surface area (Å²) in [6.45, 7) is 2.45. The summed E-state index contributed by atoms with van der Waals surface area (Å²) in [5.74, 6) is 0.281. The van der Waals surface area contributed by atoms with Gasteiger partial charge in [-0.15, -0.1) is 0 Å². The fraction of sp³-hybridized carbons (Fsp3) is 0.118. The Kier molecular flexibility index (Phi) is 5.76. The topological polar surface area (TPSA) is 33.0 Å². The molecule has 0 saturated heterocycles. The Morgan fingerprint density at radius 3 is 2.45 bits per heavy atom. The molecule has 0 radical (unpaired) electrons. The molecular weight excluding hydrogens is 413 g/mol. The minimum Gasteiger partial charge on any atom is -0.492 e. The largest absolute Gasteiger partial charge is 0.492 e. The predicted molar refractivity (Wildman–Crippen MR) is 92.9 cm³/mol. The molecule has 0 aliphatic heterocycles. The second-order valence-electron chi connectivity index (χ2n) is 4.40. The quantitative estimate of drug-likeness (QED) is 0.458. The molecule has 0 unspecified atom stereocenters. The molecule has 0 heterocycles. The summed E-state index contributed by atoms with van der Waals surface area (Å²) in [6, 6.07) is 11.9. The lowest BCUT2D eigenvalue weighted by atomic mass is 10.0. The highest BCUT2D eigenvalue weighted by Crippen LogP contribution is 2.35. The Balaban J connectivity index is 2.48. The molecule has 2 nitrogen and oxygen atoms in total. The van der Waals surface area contributed by atoms with Crippen LogP contribution >= 0.6 is 31.9 Å². The van der Waals surface area contributed by atoms with Crippen LogP contribution in [0, 0.1) is 17.1 Å². The number of hydrogen-bond donors (Lipinski definition) is 0. The van der Waals surface area contributed by atoms with E-state index in [1.807, 2.05) is 25.1 Å². The standard InChI is InChI=1S/C17H12Br2FNO/c1-2-22-17-14(18)8-11(9-15(17)19)7-12(10-21)13-5-3-4-6-16(13)20/h3-9H,2H2,1H3/b12-7-. The number of hydrogen-bond acceptors (Lipinski definition) is 2. The Morgan fingerprint density at radius 1 is 1.27 bits per heavy atom. The Morgan fingerprint density at radius 2 is 1.91 bits per heavy atom. The summed E-state index contributed by atoms with van der Waals surface area (Å²) in [7, 11) is 0. The summed E-state index contributed by atoms with van der Waals surface area (Å²) in [4.78, 5) is 0. The molecule has 22 heavy (non-hydrogen) atoms. The van der Waals surface area contributed by atoms with E-state index in [0.29, 0.717) is 12.4 Å². The highest BCUT2D eigenvalue weighted by molar-refractivity contribution is 9.11. The third kappa shape index (κ3) is 3.76. The van der Waals surface area contributed by atoms with Gasteiger partial charge in [0.2, 0.25) is 0 Å². The van der Waals surface area contributed by atoms with E-state index in [-0.39, 0.29) is 11.1 Å². The Labute approximate surface area is 145 Å². The highest BCUT2D eigenvalue weighted by atomic mass is 79.9. The van der Waals surface area contributed by atoms with Gasteiger partial charge < -0.3 is 4.74 Å². The van der Waals surface area contributed by atoms with Crippen LogP contribution in [0.5, 0.6) is 5.75 Å². The van der Waals surface area contributed by atoms with Crippen molar-refractivity contribution in [2.75, 3.05) is 6.61 Å². The maximum absolute atomic E-state index is 13.8. The van der Waals surface area contributed by atoms with E-state index in [9.17, 15) is 9.65 Å². The van der Waals surface area contributed by atoms with Gasteiger partial charge >= 0.3 is 0 Å². The molecule has 0 atom stereocenters. The normalized spacial score (nSPS) is 11.1. The predicted octanol–water partition coefficient (Wildman–Crippen LogP) is 5.81. The molecule has 0 N–H and O–H groups in total. The van der Waals surface area contributed by atoms with Crippen molar-refractivity contribution in [1.29, 1.82) is 5.26 Å².